The molecule has 0 N–H and O–H groups in total. The number of likely N-dealkylation sites (tertiary alicyclic amines) is 1. The highest BCUT2D eigenvalue weighted by molar-refractivity contribution is 7.91. The van der Waals surface area contributed by atoms with Gasteiger partial charge in [-0.1, -0.05) is 36.4 Å². The molecule has 0 radical (unpaired) electrons. The van der Waals surface area contributed by atoms with E-state index in [4.69, 9.17) is 4.74 Å². The van der Waals surface area contributed by atoms with E-state index in [-0.39, 0.29) is 23.2 Å². The lowest BCUT2D eigenvalue weighted by atomic mass is 9.75. The Kier molecular flexibility index (Phi) is 8.75. The van der Waals surface area contributed by atoms with Crippen molar-refractivity contribution in [1.29, 1.82) is 0 Å². The van der Waals surface area contributed by atoms with Crippen molar-refractivity contribution in [2.75, 3.05) is 25.4 Å². The van der Waals surface area contributed by atoms with E-state index in [9.17, 15) is 8.42 Å². The molecule has 0 amide bonds. The highest BCUT2D eigenvalue weighted by Gasteiger charge is 2.35. The normalized spacial score (nSPS) is 20.0. The third-order valence-corrected chi connectivity index (χ3v) is 9.10. The van der Waals surface area contributed by atoms with Crippen LogP contribution in [0.15, 0.2) is 66.1 Å². The first-order chi connectivity index (χ1) is 17.0. The maximum atomic E-state index is 12.5. The van der Waals surface area contributed by atoms with Crippen molar-refractivity contribution >= 4 is 22.2 Å². The molecule has 2 aromatic carbocycles. The van der Waals surface area contributed by atoms with Crippen LogP contribution in [0.2, 0.25) is 0 Å². The fourth-order valence-corrected chi connectivity index (χ4v) is 6.91. The van der Waals surface area contributed by atoms with Crippen LogP contribution in [0.4, 0.5) is 0 Å². The van der Waals surface area contributed by atoms with Gasteiger partial charge in [0.25, 0.3) is 0 Å². The number of benzene rings is 2. The Morgan fingerprint density at radius 1 is 1.08 bits per heavy atom. The largest absolute Gasteiger partial charge is 0.494 e. The number of nitrogens with zero attached hydrogens (tertiary/aromatic N) is 3. The summed E-state index contributed by atoms with van der Waals surface area (Å²) in [7, 11) is -1.62. The van der Waals surface area contributed by atoms with E-state index in [1.54, 1.807) is 17.8 Å². The average molecular weight is 530 g/mol. The minimum absolute atomic E-state index is 0. The molecule has 0 bridgehead atoms. The predicted octanol–water partition coefficient (Wildman–Crippen LogP) is 4.82. The average Bonchev–Trinajstić information content (AvgIpc) is 3.55. The SMILES string of the molecule is Cl.Cn1cnc(S(=O)(=O)CCCOc2ccc3c(c2)C(Cc2ccccc2)C(N2CCCC2)CC3)c1. The van der Waals surface area contributed by atoms with Crippen LogP contribution in [-0.4, -0.2) is 54.4 Å². The monoisotopic (exact) mass is 529 g/mol. The molecule has 1 saturated heterocycles. The van der Waals surface area contributed by atoms with Gasteiger partial charge in [0.1, 0.15) is 5.75 Å². The summed E-state index contributed by atoms with van der Waals surface area (Å²) < 4.78 is 32.7. The van der Waals surface area contributed by atoms with Gasteiger partial charge in [-0.15, -0.1) is 12.4 Å². The second-order valence-electron chi connectivity index (χ2n) is 9.90. The van der Waals surface area contributed by atoms with Crippen LogP contribution in [0.25, 0.3) is 0 Å². The van der Waals surface area contributed by atoms with Crippen molar-refractivity contribution in [2.45, 2.75) is 55.5 Å². The third-order valence-electron chi connectivity index (χ3n) is 7.42. The van der Waals surface area contributed by atoms with Crippen molar-refractivity contribution in [3.63, 3.8) is 0 Å². The van der Waals surface area contributed by atoms with Crippen LogP contribution in [-0.2, 0) is 29.7 Å². The van der Waals surface area contributed by atoms with Crippen LogP contribution in [0, 0.1) is 0 Å². The number of halogens is 1. The number of ether oxygens (including phenoxy) is 1. The van der Waals surface area contributed by atoms with Crippen LogP contribution >= 0.6 is 12.4 Å². The molecule has 2 aliphatic rings. The first kappa shape index (κ1) is 26.7. The second kappa shape index (κ2) is 11.8. The molecule has 1 aliphatic heterocycles. The summed E-state index contributed by atoms with van der Waals surface area (Å²) in [4.78, 5) is 6.69. The van der Waals surface area contributed by atoms with Crippen molar-refractivity contribution in [3.05, 3.63) is 77.7 Å². The molecule has 0 saturated carbocycles. The van der Waals surface area contributed by atoms with Gasteiger partial charge in [-0.25, -0.2) is 13.4 Å². The maximum absolute atomic E-state index is 12.5. The van der Waals surface area contributed by atoms with Crippen molar-refractivity contribution < 1.29 is 13.2 Å². The van der Waals surface area contributed by atoms with Gasteiger partial charge in [0, 0.05) is 25.2 Å². The number of imidazole rings is 1. The van der Waals surface area contributed by atoms with Crippen LogP contribution in [0.1, 0.15) is 48.3 Å². The Hall–Kier alpha value is -2.35. The Morgan fingerprint density at radius 2 is 1.86 bits per heavy atom. The lowest BCUT2D eigenvalue weighted by Crippen LogP contribution is -2.41. The number of hydrogen-bond donors (Lipinski definition) is 0. The Balaban J connectivity index is 0.00000304. The molecular formula is C28H36ClN3O3S. The summed E-state index contributed by atoms with van der Waals surface area (Å²) in [6, 6.07) is 17.8. The fraction of sp³-hybridized carbons (Fsp3) is 0.464. The smallest absolute Gasteiger partial charge is 0.197 e. The topological polar surface area (TPSA) is 64.4 Å². The summed E-state index contributed by atoms with van der Waals surface area (Å²) in [6.07, 6.45) is 9.42. The van der Waals surface area contributed by atoms with E-state index in [2.05, 4.69) is 52.3 Å². The van der Waals surface area contributed by atoms with Crippen molar-refractivity contribution in [1.82, 2.24) is 14.5 Å². The van der Waals surface area contributed by atoms with E-state index in [0.717, 1.165) is 18.6 Å². The highest BCUT2D eigenvalue weighted by Crippen LogP contribution is 2.40. The van der Waals surface area contributed by atoms with E-state index in [1.807, 2.05) is 6.07 Å². The number of aromatic nitrogens is 2. The Labute approximate surface area is 221 Å². The van der Waals surface area contributed by atoms with Gasteiger partial charge >= 0.3 is 0 Å². The molecule has 36 heavy (non-hydrogen) atoms. The van der Waals surface area contributed by atoms with Crippen LogP contribution in [0.3, 0.4) is 0 Å². The van der Waals surface area contributed by atoms with Crippen LogP contribution < -0.4 is 4.74 Å². The number of fused-ring (bicyclic) bond motifs is 1. The Morgan fingerprint density at radius 3 is 2.58 bits per heavy atom. The summed E-state index contributed by atoms with van der Waals surface area (Å²) >= 11 is 0. The standard InChI is InChI=1S/C28H35N3O3S.ClH/c1-30-20-28(29-21-30)35(32,33)17-7-16-34-24-12-10-23-11-13-27(31-14-5-6-15-31)26(25(23)19-24)18-22-8-3-2-4-9-22;/h2-4,8-10,12,19-21,26-27H,5-7,11,13-18H2,1H3;1H. The molecule has 8 heteroatoms. The molecule has 194 valence electrons. The van der Waals surface area contributed by atoms with Gasteiger partial charge in [-0.3, -0.25) is 4.90 Å². The molecule has 0 spiro atoms. The lowest BCUT2D eigenvalue weighted by Gasteiger charge is -2.39. The molecule has 1 aliphatic carbocycles. The van der Waals surface area contributed by atoms with Gasteiger partial charge in [-0.05, 0) is 80.4 Å². The van der Waals surface area contributed by atoms with Crippen molar-refractivity contribution in [2.24, 2.45) is 7.05 Å². The lowest BCUT2D eigenvalue weighted by molar-refractivity contribution is 0.188. The summed E-state index contributed by atoms with van der Waals surface area (Å²) in [5, 5.41) is 0.130. The highest BCUT2D eigenvalue weighted by atomic mass is 35.5. The quantitative estimate of drug-likeness (QED) is 0.372. The van der Waals surface area contributed by atoms with Gasteiger partial charge in [-0.2, -0.15) is 0 Å². The van der Waals surface area contributed by atoms with Gasteiger partial charge in [0.15, 0.2) is 14.9 Å². The zero-order chi connectivity index (χ0) is 24.3. The number of sulfone groups is 1. The molecule has 3 aromatic rings. The second-order valence-corrected chi connectivity index (χ2v) is 12.0. The molecule has 2 atom stereocenters. The number of rotatable bonds is 9. The third kappa shape index (κ3) is 6.13. The number of hydrogen-bond acceptors (Lipinski definition) is 5. The Bertz CT molecular complexity index is 1240. The zero-order valence-electron chi connectivity index (χ0n) is 20.9. The number of aryl methyl sites for hydroxylation is 2. The molecule has 1 aromatic heterocycles. The van der Waals surface area contributed by atoms with Crippen molar-refractivity contribution in [3.8, 4) is 5.75 Å². The molecule has 1 fully saturated rings. The molecule has 5 rings (SSSR count). The molecule has 2 heterocycles. The van der Waals surface area contributed by atoms with E-state index in [0.29, 0.717) is 25.0 Å². The first-order valence-corrected chi connectivity index (χ1v) is 14.4. The summed E-state index contributed by atoms with van der Waals surface area (Å²) in [5.74, 6) is 1.30. The van der Waals surface area contributed by atoms with E-state index >= 15 is 0 Å². The molecule has 6 nitrogen and oxygen atoms in total. The maximum Gasteiger partial charge on any atom is 0.197 e. The van der Waals surface area contributed by atoms with Crippen LogP contribution in [0.5, 0.6) is 5.75 Å². The summed E-state index contributed by atoms with van der Waals surface area (Å²) in [6.45, 7) is 2.77. The zero-order valence-corrected chi connectivity index (χ0v) is 22.5. The minimum atomic E-state index is -3.39. The first-order valence-electron chi connectivity index (χ1n) is 12.7. The van der Waals surface area contributed by atoms with Gasteiger partial charge < -0.3 is 9.30 Å². The fourth-order valence-electron chi connectivity index (χ4n) is 5.66. The van der Waals surface area contributed by atoms with E-state index in [1.165, 1.54) is 55.4 Å². The van der Waals surface area contributed by atoms with E-state index < -0.39 is 9.84 Å². The molecule has 2 unspecified atom stereocenters. The van der Waals surface area contributed by atoms with Gasteiger partial charge in [0.05, 0.1) is 18.7 Å². The predicted molar refractivity (Wildman–Crippen MR) is 145 cm³/mol. The summed E-state index contributed by atoms with van der Waals surface area (Å²) in [5.41, 5.74) is 4.20. The van der Waals surface area contributed by atoms with Gasteiger partial charge in [0.2, 0.25) is 0 Å². The molecular weight excluding hydrogens is 494 g/mol. The minimum Gasteiger partial charge on any atom is -0.494 e.